The number of furan rings is 1. The molecular weight excluding hydrogens is 270 g/mol. The van der Waals surface area contributed by atoms with Gasteiger partial charge < -0.3 is 14.8 Å². The van der Waals surface area contributed by atoms with E-state index >= 15 is 0 Å². The number of ketones is 1. The first-order chi connectivity index (χ1) is 10.1. The molecule has 1 aromatic heterocycles. The average Bonchev–Trinajstić information content (AvgIpc) is 3.09. The summed E-state index contributed by atoms with van der Waals surface area (Å²) in [5, 5.41) is 12.9. The summed E-state index contributed by atoms with van der Waals surface area (Å²) in [7, 11) is 0. The van der Waals surface area contributed by atoms with E-state index in [0.29, 0.717) is 11.3 Å². The second kappa shape index (κ2) is 4.94. The van der Waals surface area contributed by atoms with Crippen LogP contribution in [0.4, 0.5) is 0 Å². The summed E-state index contributed by atoms with van der Waals surface area (Å²) >= 11 is 0. The van der Waals surface area contributed by atoms with Crippen LogP contribution in [0.15, 0.2) is 52.7 Å². The highest BCUT2D eigenvalue weighted by molar-refractivity contribution is 6.46. The largest absolute Gasteiger partial charge is 0.507 e. The van der Waals surface area contributed by atoms with Gasteiger partial charge in [-0.15, -0.1) is 0 Å². The van der Waals surface area contributed by atoms with Crippen LogP contribution < -0.4 is 5.32 Å². The van der Waals surface area contributed by atoms with Gasteiger partial charge in [-0.3, -0.25) is 9.59 Å². The van der Waals surface area contributed by atoms with Gasteiger partial charge in [0, 0.05) is 5.56 Å². The van der Waals surface area contributed by atoms with Crippen molar-refractivity contribution in [3.8, 4) is 0 Å². The van der Waals surface area contributed by atoms with E-state index in [-0.39, 0.29) is 11.3 Å². The zero-order valence-corrected chi connectivity index (χ0v) is 11.3. The van der Waals surface area contributed by atoms with E-state index < -0.39 is 17.7 Å². The molecule has 2 aromatic rings. The van der Waals surface area contributed by atoms with Crippen molar-refractivity contribution < 1.29 is 19.1 Å². The lowest BCUT2D eigenvalue weighted by molar-refractivity contribution is -0.133. The molecule has 0 aliphatic carbocycles. The molecule has 2 N–H and O–H groups in total. The van der Waals surface area contributed by atoms with Gasteiger partial charge in [0.2, 0.25) is 0 Å². The van der Waals surface area contributed by atoms with Gasteiger partial charge in [0.15, 0.2) is 0 Å². The number of amides is 1. The van der Waals surface area contributed by atoms with E-state index in [9.17, 15) is 14.7 Å². The number of carbonyl (C=O) groups excluding carboxylic acids is 2. The second-order valence-electron chi connectivity index (χ2n) is 4.88. The lowest BCUT2D eigenvalue weighted by atomic mass is 9.99. The summed E-state index contributed by atoms with van der Waals surface area (Å²) in [4.78, 5) is 23.7. The van der Waals surface area contributed by atoms with Gasteiger partial charge >= 0.3 is 0 Å². The topological polar surface area (TPSA) is 79.5 Å². The fourth-order valence-electron chi connectivity index (χ4n) is 2.30. The Morgan fingerprint density at radius 1 is 1.19 bits per heavy atom. The number of benzene rings is 1. The summed E-state index contributed by atoms with van der Waals surface area (Å²) in [6, 6.07) is 9.59. The van der Waals surface area contributed by atoms with Crippen molar-refractivity contribution in [3.63, 3.8) is 0 Å². The third-order valence-electron chi connectivity index (χ3n) is 3.42. The molecule has 0 saturated carbocycles. The highest BCUT2D eigenvalue weighted by atomic mass is 16.3. The molecule has 1 unspecified atom stereocenters. The number of aliphatic hydroxyl groups excluding tert-OH is 1. The van der Waals surface area contributed by atoms with Crippen LogP contribution in [-0.4, -0.2) is 16.8 Å². The summed E-state index contributed by atoms with van der Waals surface area (Å²) in [5.74, 6) is -1.29. The fourth-order valence-corrected chi connectivity index (χ4v) is 2.30. The summed E-state index contributed by atoms with van der Waals surface area (Å²) in [6.45, 7) is 1.92. The van der Waals surface area contributed by atoms with Crippen LogP contribution in [0.25, 0.3) is 5.76 Å². The van der Waals surface area contributed by atoms with Crippen LogP contribution in [0.1, 0.15) is 22.9 Å². The molecule has 1 aromatic carbocycles. The van der Waals surface area contributed by atoms with Crippen LogP contribution in [0.5, 0.6) is 0 Å². The van der Waals surface area contributed by atoms with Crippen LogP contribution in [0.3, 0.4) is 0 Å². The number of nitrogens with one attached hydrogen (secondary N) is 1. The minimum Gasteiger partial charge on any atom is -0.507 e. The maximum atomic E-state index is 12.0. The zero-order chi connectivity index (χ0) is 15.0. The Morgan fingerprint density at radius 3 is 2.52 bits per heavy atom. The smallest absolute Gasteiger partial charge is 0.293 e. The van der Waals surface area contributed by atoms with E-state index in [2.05, 4.69) is 5.32 Å². The molecule has 0 spiro atoms. The molecule has 21 heavy (non-hydrogen) atoms. The van der Waals surface area contributed by atoms with Crippen molar-refractivity contribution in [1.82, 2.24) is 5.32 Å². The molecule has 3 rings (SSSR count). The van der Waals surface area contributed by atoms with Crippen LogP contribution in [0, 0.1) is 6.92 Å². The predicted octanol–water partition coefficient (Wildman–Crippen LogP) is 2.30. The molecule has 5 heteroatoms. The van der Waals surface area contributed by atoms with E-state index in [1.54, 1.807) is 24.3 Å². The van der Waals surface area contributed by atoms with Gasteiger partial charge in [-0.1, -0.05) is 29.8 Å². The summed E-state index contributed by atoms with van der Waals surface area (Å²) in [5.41, 5.74) is 1.53. The zero-order valence-electron chi connectivity index (χ0n) is 11.3. The molecule has 106 valence electrons. The molecule has 0 radical (unpaired) electrons. The summed E-state index contributed by atoms with van der Waals surface area (Å²) in [6.07, 6.45) is 1.45. The van der Waals surface area contributed by atoms with Crippen molar-refractivity contribution in [2.75, 3.05) is 0 Å². The third kappa shape index (κ3) is 2.23. The summed E-state index contributed by atoms with van der Waals surface area (Å²) < 4.78 is 5.24. The molecule has 0 bridgehead atoms. The first-order valence-corrected chi connectivity index (χ1v) is 6.46. The molecule has 1 fully saturated rings. The van der Waals surface area contributed by atoms with Crippen molar-refractivity contribution in [1.29, 1.82) is 0 Å². The number of rotatable bonds is 2. The highest BCUT2D eigenvalue weighted by Crippen LogP contribution is 2.32. The predicted molar refractivity (Wildman–Crippen MR) is 75.3 cm³/mol. The normalized spacial score (nSPS) is 20.5. The molecular formula is C16H13NO4. The maximum Gasteiger partial charge on any atom is 0.293 e. The van der Waals surface area contributed by atoms with Gasteiger partial charge in [0.25, 0.3) is 11.7 Å². The molecule has 1 aliphatic rings. The Hall–Kier alpha value is -2.82. The maximum absolute atomic E-state index is 12.0. The van der Waals surface area contributed by atoms with E-state index in [1.165, 1.54) is 6.26 Å². The van der Waals surface area contributed by atoms with Crippen molar-refractivity contribution in [2.24, 2.45) is 0 Å². The Labute approximate surface area is 120 Å². The number of hydrogen-bond acceptors (Lipinski definition) is 4. The van der Waals surface area contributed by atoms with Crippen molar-refractivity contribution >= 4 is 17.4 Å². The van der Waals surface area contributed by atoms with E-state index in [4.69, 9.17) is 4.42 Å². The minimum atomic E-state index is -0.763. The quantitative estimate of drug-likeness (QED) is 0.503. The van der Waals surface area contributed by atoms with E-state index in [0.717, 1.165) is 5.56 Å². The van der Waals surface area contributed by atoms with Crippen LogP contribution in [0.2, 0.25) is 0 Å². The molecule has 1 saturated heterocycles. The van der Waals surface area contributed by atoms with Crippen LogP contribution in [-0.2, 0) is 9.59 Å². The number of Topliss-reactive ketones (excluding diaryl/α,β-unsaturated/α-hetero) is 1. The monoisotopic (exact) mass is 283 g/mol. The van der Waals surface area contributed by atoms with Crippen molar-refractivity contribution in [3.05, 3.63) is 65.1 Å². The lowest BCUT2D eigenvalue weighted by Crippen LogP contribution is -2.20. The standard InChI is InChI=1S/C16H13NO4/c1-9-4-6-10(7-5-9)14(18)12-13(11-3-2-8-21-11)17-16(20)15(12)19/h2-8,13,18H,1H3,(H,17,20)/b14-12-. The Morgan fingerprint density at radius 2 is 1.90 bits per heavy atom. The molecule has 5 nitrogen and oxygen atoms in total. The second-order valence-corrected chi connectivity index (χ2v) is 4.88. The van der Waals surface area contributed by atoms with Gasteiger partial charge in [-0.25, -0.2) is 0 Å². The van der Waals surface area contributed by atoms with Gasteiger partial charge in [0.05, 0.1) is 11.8 Å². The van der Waals surface area contributed by atoms with Crippen molar-refractivity contribution in [2.45, 2.75) is 13.0 Å². The van der Waals surface area contributed by atoms with Gasteiger partial charge in [-0.05, 0) is 19.1 Å². The highest BCUT2D eigenvalue weighted by Gasteiger charge is 2.40. The minimum absolute atomic E-state index is 0.0128. The first-order valence-electron chi connectivity index (χ1n) is 6.46. The molecule has 1 amide bonds. The average molecular weight is 283 g/mol. The Kier molecular flexibility index (Phi) is 3.10. The number of aliphatic hydroxyl groups is 1. The number of hydrogen-bond donors (Lipinski definition) is 2. The third-order valence-corrected chi connectivity index (χ3v) is 3.42. The van der Waals surface area contributed by atoms with Gasteiger partial charge in [-0.2, -0.15) is 0 Å². The van der Waals surface area contributed by atoms with Crippen LogP contribution >= 0.6 is 0 Å². The number of carbonyl (C=O) groups is 2. The number of aryl methyl sites for hydroxylation is 1. The first kappa shape index (κ1) is 13.2. The SMILES string of the molecule is Cc1ccc(/C(O)=C2/C(=O)C(=O)NC2c2ccco2)cc1. The molecule has 1 aliphatic heterocycles. The lowest BCUT2D eigenvalue weighted by Gasteiger charge is -2.10. The molecule has 2 heterocycles. The van der Waals surface area contributed by atoms with E-state index in [1.807, 2.05) is 19.1 Å². The van der Waals surface area contributed by atoms with Gasteiger partial charge in [0.1, 0.15) is 17.6 Å². The Bertz CT molecular complexity index is 726. The Balaban J connectivity index is 2.11. The molecule has 1 atom stereocenters. The fraction of sp³-hybridized carbons (Fsp3) is 0.125.